The van der Waals surface area contributed by atoms with E-state index >= 15 is 0 Å². The van der Waals surface area contributed by atoms with Crippen molar-refractivity contribution in [3.05, 3.63) is 60.2 Å². The third-order valence-corrected chi connectivity index (χ3v) is 3.78. The number of rotatable bonds is 1. The maximum atomic E-state index is 5.93. The van der Waals surface area contributed by atoms with Crippen LogP contribution < -0.4 is 5.73 Å². The van der Waals surface area contributed by atoms with E-state index in [2.05, 4.69) is 39.7 Å². The summed E-state index contributed by atoms with van der Waals surface area (Å²) in [6, 6.07) is 18.1. The van der Waals surface area contributed by atoms with Gasteiger partial charge in [0.05, 0.1) is 5.52 Å². The summed E-state index contributed by atoms with van der Waals surface area (Å²) in [6.45, 7) is 2.06. The summed E-state index contributed by atoms with van der Waals surface area (Å²) in [6.07, 6.45) is 0. The lowest BCUT2D eigenvalue weighted by atomic mass is 10.1. The first-order valence-electron chi connectivity index (χ1n) is 6.83. The number of fused-ring (bicyclic) bond motifs is 3. The topological polar surface area (TPSA) is 56.2 Å². The van der Waals surface area contributed by atoms with Crippen LogP contribution in [0.15, 0.2) is 54.6 Å². The standard InChI is InChI=1S/C17H14N4/c1-11-6-8-13(18)10-14(11)17-20-19-16-9-7-12-4-2-3-5-15(12)21(16)17/h2-10H,18H2,1H3. The number of hydrogen-bond acceptors (Lipinski definition) is 3. The quantitative estimate of drug-likeness (QED) is 0.541. The largest absolute Gasteiger partial charge is 0.399 e. The smallest absolute Gasteiger partial charge is 0.169 e. The van der Waals surface area contributed by atoms with Gasteiger partial charge in [-0.3, -0.25) is 4.40 Å². The molecule has 4 aromatic rings. The molecule has 0 atom stereocenters. The van der Waals surface area contributed by atoms with Gasteiger partial charge in [0.2, 0.25) is 0 Å². The molecule has 0 unspecified atom stereocenters. The second-order valence-electron chi connectivity index (χ2n) is 5.18. The van der Waals surface area contributed by atoms with E-state index in [0.717, 1.165) is 39.2 Å². The van der Waals surface area contributed by atoms with Crippen molar-refractivity contribution >= 4 is 22.2 Å². The van der Waals surface area contributed by atoms with Gasteiger partial charge in [-0.2, -0.15) is 0 Å². The summed E-state index contributed by atoms with van der Waals surface area (Å²) < 4.78 is 2.08. The van der Waals surface area contributed by atoms with Crippen LogP contribution in [-0.4, -0.2) is 14.6 Å². The summed E-state index contributed by atoms with van der Waals surface area (Å²) in [5.74, 6) is 0.826. The molecule has 0 bridgehead atoms. The fourth-order valence-electron chi connectivity index (χ4n) is 2.69. The summed E-state index contributed by atoms with van der Waals surface area (Å²) in [7, 11) is 0. The molecule has 21 heavy (non-hydrogen) atoms. The molecule has 0 saturated heterocycles. The fraction of sp³-hybridized carbons (Fsp3) is 0.0588. The number of nitrogens with two attached hydrogens (primary N) is 1. The van der Waals surface area contributed by atoms with E-state index in [4.69, 9.17) is 5.73 Å². The Bertz CT molecular complexity index is 969. The zero-order valence-corrected chi connectivity index (χ0v) is 11.6. The lowest BCUT2D eigenvalue weighted by Gasteiger charge is -2.08. The van der Waals surface area contributed by atoms with Gasteiger partial charge in [-0.05, 0) is 48.2 Å². The molecule has 0 amide bonds. The first kappa shape index (κ1) is 11.9. The number of benzene rings is 2. The number of nitrogen functional groups attached to an aromatic ring is 1. The second-order valence-corrected chi connectivity index (χ2v) is 5.18. The van der Waals surface area contributed by atoms with Crippen LogP contribution in [0.1, 0.15) is 5.56 Å². The highest BCUT2D eigenvalue weighted by Crippen LogP contribution is 2.27. The van der Waals surface area contributed by atoms with E-state index < -0.39 is 0 Å². The lowest BCUT2D eigenvalue weighted by molar-refractivity contribution is 1.11. The highest BCUT2D eigenvalue weighted by Gasteiger charge is 2.12. The van der Waals surface area contributed by atoms with Crippen molar-refractivity contribution < 1.29 is 0 Å². The Morgan fingerprint density at radius 2 is 1.81 bits per heavy atom. The highest BCUT2D eigenvalue weighted by atomic mass is 15.2. The zero-order valence-electron chi connectivity index (χ0n) is 11.6. The molecule has 0 aliphatic carbocycles. The van der Waals surface area contributed by atoms with Crippen LogP contribution in [0.3, 0.4) is 0 Å². The monoisotopic (exact) mass is 274 g/mol. The molecule has 2 N–H and O–H groups in total. The van der Waals surface area contributed by atoms with E-state index in [1.807, 2.05) is 36.4 Å². The second kappa shape index (κ2) is 4.31. The molecule has 2 heterocycles. The molecule has 4 nitrogen and oxygen atoms in total. The van der Waals surface area contributed by atoms with Crippen molar-refractivity contribution in [1.82, 2.24) is 14.6 Å². The van der Waals surface area contributed by atoms with E-state index in [-0.39, 0.29) is 0 Å². The van der Waals surface area contributed by atoms with Gasteiger partial charge in [-0.25, -0.2) is 0 Å². The van der Waals surface area contributed by atoms with Crippen LogP contribution >= 0.6 is 0 Å². The van der Waals surface area contributed by atoms with E-state index in [0.29, 0.717) is 0 Å². The third-order valence-electron chi connectivity index (χ3n) is 3.78. The first-order chi connectivity index (χ1) is 10.2. The Kier molecular flexibility index (Phi) is 2.44. The van der Waals surface area contributed by atoms with E-state index in [1.54, 1.807) is 0 Å². The highest BCUT2D eigenvalue weighted by molar-refractivity contribution is 5.84. The molecule has 4 heteroatoms. The van der Waals surface area contributed by atoms with Crippen LogP contribution in [0.25, 0.3) is 27.9 Å². The van der Waals surface area contributed by atoms with Crippen molar-refractivity contribution in [2.75, 3.05) is 5.73 Å². The average molecular weight is 274 g/mol. The fourth-order valence-corrected chi connectivity index (χ4v) is 2.69. The van der Waals surface area contributed by atoms with Crippen molar-refractivity contribution in [3.63, 3.8) is 0 Å². The SMILES string of the molecule is Cc1ccc(N)cc1-c1nnc2ccc3ccccc3n12. The van der Waals surface area contributed by atoms with Crippen LogP contribution in [0.5, 0.6) is 0 Å². The predicted octanol–water partition coefficient (Wildman–Crippen LogP) is 3.44. The Labute approximate surface area is 121 Å². The van der Waals surface area contributed by atoms with Crippen LogP contribution in [-0.2, 0) is 0 Å². The van der Waals surface area contributed by atoms with Gasteiger partial charge < -0.3 is 5.73 Å². The number of nitrogens with zero attached hydrogens (tertiary/aromatic N) is 3. The maximum absolute atomic E-state index is 5.93. The molecule has 102 valence electrons. The van der Waals surface area contributed by atoms with Gasteiger partial charge in [0.1, 0.15) is 0 Å². The summed E-state index contributed by atoms with van der Waals surface area (Å²) >= 11 is 0. The molecular formula is C17H14N4. The Morgan fingerprint density at radius 1 is 0.952 bits per heavy atom. The number of para-hydroxylation sites is 1. The number of aromatic nitrogens is 3. The van der Waals surface area contributed by atoms with Crippen LogP contribution in [0.2, 0.25) is 0 Å². The molecule has 0 radical (unpaired) electrons. The number of aryl methyl sites for hydroxylation is 1. The number of anilines is 1. The summed E-state index contributed by atoms with van der Waals surface area (Å²) in [5.41, 5.74) is 10.7. The molecule has 4 rings (SSSR count). The molecule has 0 fully saturated rings. The van der Waals surface area contributed by atoms with Crippen molar-refractivity contribution in [2.24, 2.45) is 0 Å². The molecule has 0 spiro atoms. The minimum atomic E-state index is 0.729. The lowest BCUT2D eigenvalue weighted by Crippen LogP contribution is -1.95. The van der Waals surface area contributed by atoms with Crippen molar-refractivity contribution in [1.29, 1.82) is 0 Å². The normalized spacial score (nSPS) is 11.3. The van der Waals surface area contributed by atoms with Crippen molar-refractivity contribution in [3.8, 4) is 11.4 Å². The predicted molar refractivity (Wildman–Crippen MR) is 85.1 cm³/mol. The minimum Gasteiger partial charge on any atom is -0.399 e. The Balaban J connectivity index is 2.14. The van der Waals surface area contributed by atoms with Gasteiger partial charge >= 0.3 is 0 Å². The maximum Gasteiger partial charge on any atom is 0.169 e. The van der Waals surface area contributed by atoms with E-state index in [9.17, 15) is 0 Å². The Hall–Kier alpha value is -2.88. The molecule has 0 aliphatic rings. The van der Waals surface area contributed by atoms with Gasteiger partial charge in [-0.15, -0.1) is 10.2 Å². The Morgan fingerprint density at radius 3 is 2.71 bits per heavy atom. The summed E-state index contributed by atoms with van der Waals surface area (Å²) in [5, 5.41) is 9.82. The van der Waals surface area contributed by atoms with Gasteiger partial charge in [0.15, 0.2) is 11.5 Å². The van der Waals surface area contributed by atoms with Crippen molar-refractivity contribution in [2.45, 2.75) is 6.92 Å². The average Bonchev–Trinajstić information content (AvgIpc) is 2.94. The molecule has 2 aromatic heterocycles. The van der Waals surface area contributed by atoms with E-state index in [1.165, 1.54) is 0 Å². The van der Waals surface area contributed by atoms with Gasteiger partial charge in [-0.1, -0.05) is 24.3 Å². The molecule has 0 saturated carbocycles. The third kappa shape index (κ3) is 1.76. The molecular weight excluding hydrogens is 260 g/mol. The van der Waals surface area contributed by atoms with Crippen LogP contribution in [0, 0.1) is 6.92 Å². The van der Waals surface area contributed by atoms with Gasteiger partial charge in [0, 0.05) is 11.3 Å². The number of hydrogen-bond donors (Lipinski definition) is 1. The zero-order chi connectivity index (χ0) is 14.4. The summed E-state index contributed by atoms with van der Waals surface area (Å²) in [4.78, 5) is 0. The van der Waals surface area contributed by atoms with Gasteiger partial charge in [0.25, 0.3) is 0 Å². The van der Waals surface area contributed by atoms with Crippen LogP contribution in [0.4, 0.5) is 5.69 Å². The molecule has 0 aliphatic heterocycles. The minimum absolute atomic E-state index is 0.729. The first-order valence-corrected chi connectivity index (χ1v) is 6.83. The molecule has 2 aromatic carbocycles. The number of pyridine rings is 1.